The van der Waals surface area contributed by atoms with Crippen LogP contribution in [0.1, 0.15) is 0 Å². The van der Waals surface area contributed by atoms with E-state index in [0.717, 1.165) is 5.75 Å². The van der Waals surface area contributed by atoms with Gasteiger partial charge < -0.3 is 9.47 Å². The zero-order valence-electron chi connectivity index (χ0n) is 11.5. The van der Waals surface area contributed by atoms with Gasteiger partial charge in [0.05, 0.1) is 13.7 Å². The van der Waals surface area contributed by atoms with Gasteiger partial charge in [-0.25, -0.2) is 0 Å². The number of hydrogen-bond acceptors (Lipinski definition) is 6. The Morgan fingerprint density at radius 2 is 2.10 bits per heavy atom. The van der Waals surface area contributed by atoms with Crippen molar-refractivity contribution in [3.63, 3.8) is 0 Å². The summed E-state index contributed by atoms with van der Waals surface area (Å²) < 4.78 is 10.4. The van der Waals surface area contributed by atoms with Gasteiger partial charge in [-0.2, -0.15) is 4.80 Å². The van der Waals surface area contributed by atoms with Gasteiger partial charge in [0.1, 0.15) is 11.5 Å². The minimum atomic E-state index is -0.371. The Morgan fingerprint density at radius 3 is 2.76 bits per heavy atom. The highest BCUT2D eigenvalue weighted by molar-refractivity contribution is 5.90. The van der Waals surface area contributed by atoms with Crippen LogP contribution >= 0.6 is 0 Å². The Kier molecular flexibility index (Phi) is 4.86. The van der Waals surface area contributed by atoms with E-state index in [9.17, 15) is 4.79 Å². The number of allylic oxidation sites excluding steroid dienone is 1. The van der Waals surface area contributed by atoms with Gasteiger partial charge in [-0.05, 0) is 29.5 Å². The lowest BCUT2D eigenvalue weighted by molar-refractivity contribution is -0.118. The fourth-order valence-corrected chi connectivity index (χ4v) is 1.47. The van der Waals surface area contributed by atoms with Gasteiger partial charge in [-0.1, -0.05) is 11.2 Å². The van der Waals surface area contributed by atoms with Crippen LogP contribution in [0, 0.1) is 0 Å². The number of amides is 1. The van der Waals surface area contributed by atoms with Crippen molar-refractivity contribution in [3.05, 3.63) is 36.9 Å². The summed E-state index contributed by atoms with van der Waals surface area (Å²) in [6, 6.07) is 6.92. The number of tetrazole rings is 1. The van der Waals surface area contributed by atoms with E-state index in [-0.39, 0.29) is 18.5 Å². The van der Waals surface area contributed by atoms with Crippen molar-refractivity contribution in [1.29, 1.82) is 0 Å². The summed E-state index contributed by atoms with van der Waals surface area (Å²) in [4.78, 5) is 13.0. The lowest BCUT2D eigenvalue weighted by atomic mass is 10.3. The molecule has 2 rings (SSSR count). The molecular formula is C13H15N5O3. The molecule has 21 heavy (non-hydrogen) atoms. The molecule has 0 fully saturated rings. The summed E-state index contributed by atoms with van der Waals surface area (Å²) in [7, 11) is 1.58. The smallest absolute Gasteiger partial charge is 0.270 e. The molecule has 0 atom stereocenters. The van der Waals surface area contributed by atoms with E-state index in [4.69, 9.17) is 9.47 Å². The maximum absolute atomic E-state index is 11.7. The topological polar surface area (TPSA) is 91.2 Å². The predicted molar refractivity (Wildman–Crippen MR) is 75.1 cm³/mol. The molecule has 0 saturated carbocycles. The molecular weight excluding hydrogens is 274 g/mol. The van der Waals surface area contributed by atoms with Crippen molar-refractivity contribution in [2.45, 2.75) is 6.54 Å². The van der Waals surface area contributed by atoms with E-state index in [2.05, 4.69) is 27.3 Å². The summed E-state index contributed by atoms with van der Waals surface area (Å²) in [6.45, 7) is 3.83. The van der Waals surface area contributed by atoms with Crippen molar-refractivity contribution in [1.82, 2.24) is 20.2 Å². The number of methoxy groups -OCH3 is 1. The largest absolute Gasteiger partial charge is 0.497 e. The first-order chi connectivity index (χ1) is 10.2. The van der Waals surface area contributed by atoms with E-state index in [1.165, 1.54) is 4.80 Å². The fraction of sp³-hybridized carbons (Fsp3) is 0.231. The van der Waals surface area contributed by atoms with Crippen LogP contribution in [0.15, 0.2) is 36.9 Å². The standard InChI is InChI=1S/C13H15N5O3/c1-3-8-18-16-13(15-17-18)14-12(19)9-21-11-6-4-10(20-2)5-7-11/h3-7H,1,8-9H2,2H3,(H,14,16,19). The molecule has 8 nitrogen and oxygen atoms in total. The minimum Gasteiger partial charge on any atom is -0.497 e. The Morgan fingerprint density at radius 1 is 1.38 bits per heavy atom. The molecule has 0 spiro atoms. The quantitative estimate of drug-likeness (QED) is 0.761. The van der Waals surface area contributed by atoms with Gasteiger partial charge in [-0.15, -0.1) is 11.7 Å². The van der Waals surface area contributed by atoms with Crippen molar-refractivity contribution < 1.29 is 14.3 Å². The Bertz CT molecular complexity index is 609. The minimum absolute atomic E-state index is 0.125. The third-order valence-corrected chi connectivity index (χ3v) is 2.43. The second kappa shape index (κ2) is 7.04. The average Bonchev–Trinajstić information content (AvgIpc) is 2.93. The van der Waals surface area contributed by atoms with Crippen molar-refractivity contribution in [2.75, 3.05) is 19.0 Å². The molecule has 1 aromatic heterocycles. The Hall–Kier alpha value is -2.90. The van der Waals surface area contributed by atoms with Gasteiger partial charge >= 0.3 is 0 Å². The summed E-state index contributed by atoms with van der Waals surface area (Å²) in [5.41, 5.74) is 0. The SMILES string of the molecule is C=CCn1nnc(NC(=O)COc2ccc(OC)cc2)n1. The molecule has 1 heterocycles. The van der Waals surface area contributed by atoms with Crippen LogP contribution in [0.25, 0.3) is 0 Å². The summed E-state index contributed by atoms with van der Waals surface area (Å²) >= 11 is 0. The van der Waals surface area contributed by atoms with Crippen LogP contribution in [0.4, 0.5) is 5.95 Å². The number of hydrogen-bond donors (Lipinski definition) is 1. The second-order valence-corrected chi connectivity index (χ2v) is 3.97. The van der Waals surface area contributed by atoms with Crippen LogP contribution in [0.2, 0.25) is 0 Å². The van der Waals surface area contributed by atoms with E-state index >= 15 is 0 Å². The lowest BCUT2D eigenvalue weighted by Gasteiger charge is -2.06. The fourth-order valence-electron chi connectivity index (χ4n) is 1.47. The lowest BCUT2D eigenvalue weighted by Crippen LogP contribution is -2.21. The first kappa shape index (κ1) is 14.5. The van der Waals surface area contributed by atoms with E-state index in [1.807, 2.05) is 0 Å². The number of rotatable bonds is 7. The number of benzene rings is 1. The van der Waals surface area contributed by atoms with Crippen LogP contribution in [-0.2, 0) is 11.3 Å². The number of nitrogens with one attached hydrogen (secondary N) is 1. The van der Waals surface area contributed by atoms with E-state index < -0.39 is 0 Å². The number of ether oxygens (including phenoxy) is 2. The third-order valence-electron chi connectivity index (χ3n) is 2.43. The highest BCUT2D eigenvalue weighted by Gasteiger charge is 2.08. The van der Waals surface area contributed by atoms with Crippen LogP contribution in [0.3, 0.4) is 0 Å². The van der Waals surface area contributed by atoms with Crippen molar-refractivity contribution in [2.24, 2.45) is 0 Å². The molecule has 2 aromatic rings. The first-order valence-electron chi connectivity index (χ1n) is 6.16. The molecule has 0 unspecified atom stereocenters. The first-order valence-corrected chi connectivity index (χ1v) is 6.16. The van der Waals surface area contributed by atoms with Gasteiger partial charge in [0.15, 0.2) is 6.61 Å². The normalized spacial score (nSPS) is 9.95. The monoisotopic (exact) mass is 289 g/mol. The number of aromatic nitrogens is 4. The Balaban J connectivity index is 1.81. The maximum atomic E-state index is 11.7. The highest BCUT2D eigenvalue weighted by Crippen LogP contribution is 2.16. The summed E-state index contributed by atoms with van der Waals surface area (Å²) in [6.07, 6.45) is 1.63. The van der Waals surface area contributed by atoms with Gasteiger partial charge in [0, 0.05) is 0 Å². The summed E-state index contributed by atoms with van der Waals surface area (Å²) in [5.74, 6) is 1.04. The number of carbonyl (C=O) groups excluding carboxylic acids is 1. The molecule has 0 aliphatic carbocycles. The van der Waals surface area contributed by atoms with Crippen molar-refractivity contribution >= 4 is 11.9 Å². The molecule has 1 aromatic carbocycles. The van der Waals surface area contributed by atoms with Gasteiger partial charge in [0.2, 0.25) is 0 Å². The molecule has 0 radical (unpaired) electrons. The third kappa shape index (κ3) is 4.30. The summed E-state index contributed by atoms with van der Waals surface area (Å²) in [5, 5.41) is 13.8. The molecule has 0 saturated heterocycles. The highest BCUT2D eigenvalue weighted by atomic mass is 16.5. The van der Waals surface area contributed by atoms with E-state index in [0.29, 0.717) is 12.3 Å². The molecule has 1 N–H and O–H groups in total. The van der Waals surface area contributed by atoms with Crippen LogP contribution in [-0.4, -0.2) is 39.8 Å². The van der Waals surface area contributed by atoms with Gasteiger partial charge in [0.25, 0.3) is 11.9 Å². The number of nitrogens with zero attached hydrogens (tertiary/aromatic N) is 4. The average molecular weight is 289 g/mol. The van der Waals surface area contributed by atoms with Gasteiger partial charge in [-0.3, -0.25) is 10.1 Å². The van der Waals surface area contributed by atoms with E-state index in [1.54, 1.807) is 37.5 Å². The predicted octanol–water partition coefficient (Wildman–Crippen LogP) is 0.885. The maximum Gasteiger partial charge on any atom is 0.270 e. The molecule has 8 heteroatoms. The molecule has 110 valence electrons. The number of carbonyl (C=O) groups is 1. The van der Waals surface area contributed by atoms with Crippen LogP contribution in [0.5, 0.6) is 11.5 Å². The second-order valence-electron chi connectivity index (χ2n) is 3.97. The van der Waals surface area contributed by atoms with Crippen molar-refractivity contribution in [3.8, 4) is 11.5 Å². The molecule has 0 aliphatic heterocycles. The molecule has 0 aliphatic rings. The van der Waals surface area contributed by atoms with Crippen LogP contribution < -0.4 is 14.8 Å². The Labute approximate surface area is 121 Å². The zero-order chi connectivity index (χ0) is 15.1. The zero-order valence-corrected chi connectivity index (χ0v) is 11.5. The number of anilines is 1. The molecule has 0 bridgehead atoms. The molecule has 1 amide bonds.